The molecule has 2 N–H and O–H groups in total. The minimum Gasteiger partial charge on any atom is -0.497 e. The Labute approximate surface area is 265 Å². The van der Waals surface area contributed by atoms with Crippen molar-refractivity contribution in [1.29, 1.82) is 0 Å². The van der Waals surface area contributed by atoms with E-state index >= 15 is 0 Å². The number of amides is 4. The number of rotatable bonds is 10. The van der Waals surface area contributed by atoms with E-state index in [0.29, 0.717) is 24.2 Å². The maximum Gasteiger partial charge on any atom is 0.417 e. The number of alkyl halides is 3. The maximum atomic E-state index is 14.6. The van der Waals surface area contributed by atoms with Crippen LogP contribution in [0.2, 0.25) is 0 Å². The summed E-state index contributed by atoms with van der Waals surface area (Å²) in [6.45, 7) is 5.13. The summed E-state index contributed by atoms with van der Waals surface area (Å²) < 4.78 is 54.9. The number of hydrogen-bond donors (Lipinski definition) is 2. The molecule has 11 nitrogen and oxygen atoms in total. The molecule has 2 aromatic carbocycles. The molecule has 2 aliphatic heterocycles. The number of nitrogens with zero attached hydrogens (tertiary/aromatic N) is 3. The van der Waals surface area contributed by atoms with Gasteiger partial charge < -0.3 is 34.6 Å². The van der Waals surface area contributed by atoms with Crippen molar-refractivity contribution in [3.05, 3.63) is 53.1 Å². The lowest BCUT2D eigenvalue weighted by atomic mass is 9.97. The van der Waals surface area contributed by atoms with Crippen LogP contribution in [-0.4, -0.2) is 90.2 Å². The average Bonchev–Trinajstić information content (AvgIpc) is 3.01. The summed E-state index contributed by atoms with van der Waals surface area (Å²) in [5.74, 6) is -1.39. The molecule has 2 aromatic rings. The van der Waals surface area contributed by atoms with Crippen LogP contribution >= 0.6 is 0 Å². The van der Waals surface area contributed by atoms with Crippen LogP contribution in [0, 0.1) is 0 Å². The third kappa shape index (κ3) is 7.65. The van der Waals surface area contributed by atoms with E-state index in [9.17, 15) is 37.5 Å². The molecule has 0 saturated carbocycles. The van der Waals surface area contributed by atoms with Crippen molar-refractivity contribution < 1.29 is 46.9 Å². The molecule has 2 heterocycles. The van der Waals surface area contributed by atoms with Gasteiger partial charge in [-0.2, -0.15) is 13.2 Å². The molecular formula is C32H39F3N4O7. The van der Waals surface area contributed by atoms with Gasteiger partial charge in [-0.1, -0.05) is 19.1 Å². The fourth-order valence-corrected chi connectivity index (χ4v) is 5.87. The first-order valence-corrected chi connectivity index (χ1v) is 15.2. The Morgan fingerprint density at radius 3 is 2.46 bits per heavy atom. The monoisotopic (exact) mass is 648 g/mol. The minimum absolute atomic E-state index is 0.0165. The van der Waals surface area contributed by atoms with Crippen molar-refractivity contribution >= 4 is 29.5 Å². The second-order valence-electron chi connectivity index (χ2n) is 11.5. The smallest absolute Gasteiger partial charge is 0.417 e. The predicted molar refractivity (Wildman–Crippen MR) is 162 cm³/mol. The van der Waals surface area contributed by atoms with Crippen LogP contribution in [0.15, 0.2) is 36.4 Å². The van der Waals surface area contributed by atoms with Gasteiger partial charge in [-0.3, -0.25) is 14.4 Å². The lowest BCUT2D eigenvalue weighted by Crippen LogP contribution is -2.54. The Kier molecular flexibility index (Phi) is 10.7. The van der Waals surface area contributed by atoms with Crippen molar-refractivity contribution in [2.24, 2.45) is 0 Å². The summed E-state index contributed by atoms with van der Waals surface area (Å²) in [4.78, 5) is 55.1. The van der Waals surface area contributed by atoms with Crippen molar-refractivity contribution in [2.45, 2.75) is 70.8 Å². The minimum atomic E-state index is -4.96. The lowest BCUT2D eigenvalue weighted by molar-refractivity contribution is -0.138. The van der Waals surface area contributed by atoms with Gasteiger partial charge in [-0.05, 0) is 56.5 Å². The van der Waals surface area contributed by atoms with Gasteiger partial charge in [-0.25, -0.2) is 4.79 Å². The normalized spacial score (nSPS) is 18.1. The molecule has 1 saturated heterocycles. The highest BCUT2D eigenvalue weighted by atomic mass is 19.4. The van der Waals surface area contributed by atoms with Gasteiger partial charge in [0.15, 0.2) is 6.10 Å². The van der Waals surface area contributed by atoms with Gasteiger partial charge >= 0.3 is 12.3 Å². The number of piperidine rings is 1. The van der Waals surface area contributed by atoms with Gasteiger partial charge in [0.25, 0.3) is 11.8 Å². The lowest BCUT2D eigenvalue weighted by Gasteiger charge is -2.41. The molecule has 2 aliphatic rings. The number of carbonyl (C=O) groups excluding carboxylic acids is 3. The zero-order chi connectivity index (χ0) is 33.8. The fourth-order valence-electron chi connectivity index (χ4n) is 5.87. The summed E-state index contributed by atoms with van der Waals surface area (Å²) >= 11 is 0. The van der Waals surface area contributed by atoms with Crippen LogP contribution < -0.4 is 19.7 Å². The molecule has 4 amide bonds. The van der Waals surface area contributed by atoms with E-state index in [-0.39, 0.29) is 56.4 Å². The number of carbonyl (C=O) groups is 4. The third-order valence-corrected chi connectivity index (χ3v) is 8.15. The molecule has 250 valence electrons. The highest BCUT2D eigenvalue weighted by molar-refractivity contribution is 6.04. The Bertz CT molecular complexity index is 1450. The van der Waals surface area contributed by atoms with E-state index in [1.165, 1.54) is 16.9 Å². The SMILES string of the molecule is CCC(=O)NCCN1C(=O)[C@H](Cc2ccc(OC)cc2)Oc2cc(C(F)(F)F)c(C(=O)N(C(C)C)C3CCCN(C(=O)O)C3)cc21. The Morgan fingerprint density at radius 1 is 1.17 bits per heavy atom. The molecule has 4 rings (SSSR count). The molecule has 14 heteroatoms. The summed E-state index contributed by atoms with van der Waals surface area (Å²) in [5.41, 5.74) is -1.26. The maximum absolute atomic E-state index is 14.6. The van der Waals surface area contributed by atoms with Gasteiger partial charge in [0.05, 0.1) is 30.0 Å². The summed E-state index contributed by atoms with van der Waals surface area (Å²) in [7, 11) is 1.51. The van der Waals surface area contributed by atoms with E-state index in [4.69, 9.17) is 9.47 Å². The van der Waals surface area contributed by atoms with E-state index in [0.717, 1.165) is 17.0 Å². The summed E-state index contributed by atoms with van der Waals surface area (Å²) in [6.07, 6.45) is -6.20. The zero-order valence-electron chi connectivity index (χ0n) is 26.2. The van der Waals surface area contributed by atoms with E-state index in [1.807, 2.05) is 0 Å². The first kappa shape index (κ1) is 34.4. The number of halogens is 3. The van der Waals surface area contributed by atoms with Gasteiger partial charge in [0.1, 0.15) is 11.5 Å². The molecule has 0 radical (unpaired) electrons. The van der Waals surface area contributed by atoms with Crippen molar-refractivity contribution in [3.8, 4) is 11.5 Å². The number of benzene rings is 2. The Morgan fingerprint density at radius 2 is 1.87 bits per heavy atom. The highest BCUT2D eigenvalue weighted by Crippen LogP contribution is 2.43. The topological polar surface area (TPSA) is 129 Å². The first-order valence-electron chi connectivity index (χ1n) is 15.2. The van der Waals surface area contributed by atoms with Gasteiger partial charge in [0, 0.05) is 45.1 Å². The van der Waals surface area contributed by atoms with Crippen LogP contribution in [0.4, 0.5) is 23.7 Å². The van der Waals surface area contributed by atoms with Crippen LogP contribution in [0.25, 0.3) is 0 Å². The van der Waals surface area contributed by atoms with Crippen molar-refractivity contribution in [3.63, 3.8) is 0 Å². The predicted octanol–water partition coefficient (Wildman–Crippen LogP) is 4.57. The molecular weight excluding hydrogens is 609 g/mol. The fraction of sp³-hybridized carbons (Fsp3) is 0.500. The van der Waals surface area contributed by atoms with Crippen LogP contribution in [0.1, 0.15) is 61.5 Å². The van der Waals surface area contributed by atoms with Crippen LogP contribution in [-0.2, 0) is 22.2 Å². The molecule has 0 spiro atoms. The molecule has 46 heavy (non-hydrogen) atoms. The number of fused-ring (bicyclic) bond motifs is 1. The molecule has 1 unspecified atom stereocenters. The van der Waals surface area contributed by atoms with Gasteiger partial charge in [-0.15, -0.1) is 0 Å². The molecule has 0 aliphatic carbocycles. The third-order valence-electron chi connectivity index (χ3n) is 8.15. The number of methoxy groups -OCH3 is 1. The van der Waals surface area contributed by atoms with Crippen molar-refractivity contribution in [1.82, 2.24) is 15.1 Å². The second-order valence-corrected chi connectivity index (χ2v) is 11.5. The van der Waals surface area contributed by atoms with Crippen LogP contribution in [0.3, 0.4) is 0 Å². The number of hydrogen-bond acceptors (Lipinski definition) is 6. The number of likely N-dealkylation sites (tertiary alicyclic amines) is 1. The quantitative estimate of drug-likeness (QED) is 0.386. The summed E-state index contributed by atoms with van der Waals surface area (Å²) in [6, 6.07) is 7.38. The summed E-state index contributed by atoms with van der Waals surface area (Å²) in [5, 5.41) is 12.2. The number of anilines is 1. The van der Waals surface area contributed by atoms with E-state index < -0.39 is 53.4 Å². The molecule has 1 fully saturated rings. The van der Waals surface area contributed by atoms with Gasteiger partial charge in [0.2, 0.25) is 5.91 Å². The first-order chi connectivity index (χ1) is 21.7. The zero-order valence-corrected chi connectivity index (χ0v) is 26.2. The van der Waals surface area contributed by atoms with Crippen LogP contribution in [0.5, 0.6) is 11.5 Å². The molecule has 0 aromatic heterocycles. The van der Waals surface area contributed by atoms with E-state index in [2.05, 4.69) is 5.32 Å². The van der Waals surface area contributed by atoms with Crippen molar-refractivity contribution in [2.75, 3.05) is 38.2 Å². The average molecular weight is 649 g/mol. The number of nitrogens with one attached hydrogen (secondary N) is 1. The molecule has 2 atom stereocenters. The Balaban J connectivity index is 1.77. The second kappa shape index (κ2) is 14.3. The highest BCUT2D eigenvalue weighted by Gasteiger charge is 2.43. The number of carboxylic acid groups (broad SMARTS) is 1. The molecule has 0 bridgehead atoms. The number of ether oxygens (including phenoxy) is 2. The Hall–Kier alpha value is -4.49. The van der Waals surface area contributed by atoms with E-state index in [1.54, 1.807) is 45.0 Å². The largest absolute Gasteiger partial charge is 0.497 e. The standard InChI is InChI=1S/C32H39F3N4O7/c1-5-28(40)36-12-14-38-25-16-23(29(41)39(19(2)3)21-7-6-13-37(18-21)31(43)44)24(32(33,34)35)17-26(25)46-27(30(38)42)15-20-8-10-22(45-4)11-9-20/h8-11,16-17,19,21,27H,5-7,12-15,18H2,1-4H3,(H,36,40)(H,43,44)/t21?,27-/m0/s1.